The molecule has 2 atom stereocenters. The third-order valence-electron chi connectivity index (χ3n) is 3.99. The number of rotatable bonds is 4. The summed E-state index contributed by atoms with van der Waals surface area (Å²) >= 11 is 1.62. The van der Waals surface area contributed by atoms with Crippen molar-refractivity contribution in [2.24, 2.45) is 0 Å². The smallest absolute Gasteiger partial charge is 0.230 e. The molecule has 0 radical (unpaired) electrons. The van der Waals surface area contributed by atoms with Crippen molar-refractivity contribution in [1.82, 2.24) is 19.7 Å². The number of hydrogen-bond donors (Lipinski definition) is 0. The maximum atomic E-state index is 12.7. The van der Waals surface area contributed by atoms with E-state index in [1.807, 2.05) is 40.8 Å². The Labute approximate surface area is 133 Å². The molecule has 0 bridgehead atoms. The monoisotopic (exact) mass is 320 g/mol. The number of carbonyl (C=O) groups excluding carboxylic acids is 1. The van der Waals surface area contributed by atoms with E-state index < -0.39 is 0 Å². The molecule has 1 amide bonds. The zero-order chi connectivity index (χ0) is 15.5. The predicted molar refractivity (Wildman–Crippen MR) is 83.7 cm³/mol. The lowest BCUT2D eigenvalue weighted by Crippen LogP contribution is -2.44. The molecule has 2 unspecified atom stereocenters. The summed E-state index contributed by atoms with van der Waals surface area (Å²) in [5.41, 5.74) is 0. The first-order chi connectivity index (χ1) is 10.7. The molecule has 0 saturated carbocycles. The first-order valence-electron chi connectivity index (χ1n) is 7.52. The quantitative estimate of drug-likeness (QED) is 0.865. The molecule has 1 aliphatic rings. The summed E-state index contributed by atoms with van der Waals surface area (Å²) in [5, 5.41) is 10.1. The van der Waals surface area contributed by atoms with Gasteiger partial charge in [-0.3, -0.25) is 4.79 Å². The largest absolute Gasteiger partial charge is 0.366 e. The summed E-state index contributed by atoms with van der Waals surface area (Å²) in [7, 11) is 0. The van der Waals surface area contributed by atoms with Gasteiger partial charge in [-0.25, -0.2) is 0 Å². The number of aryl methyl sites for hydroxylation is 1. The fourth-order valence-electron chi connectivity index (χ4n) is 2.70. The van der Waals surface area contributed by atoms with Crippen LogP contribution in [0.4, 0.5) is 0 Å². The third-order valence-corrected chi connectivity index (χ3v) is 5.05. The van der Waals surface area contributed by atoms with Gasteiger partial charge in [0, 0.05) is 18.0 Å². The molecule has 0 aliphatic carbocycles. The first-order valence-corrected chi connectivity index (χ1v) is 8.40. The number of aromatic nitrogens is 3. The van der Waals surface area contributed by atoms with Crippen LogP contribution < -0.4 is 0 Å². The normalized spacial score (nSPS) is 20.1. The molecule has 1 aliphatic heterocycles. The zero-order valence-corrected chi connectivity index (χ0v) is 13.6. The van der Waals surface area contributed by atoms with Crippen LogP contribution in [0.2, 0.25) is 0 Å². The van der Waals surface area contributed by atoms with Gasteiger partial charge in [-0.2, -0.15) is 0 Å². The van der Waals surface area contributed by atoms with Crippen molar-refractivity contribution in [2.75, 3.05) is 19.7 Å². The topological polar surface area (TPSA) is 60.2 Å². The number of hydrogen-bond acceptors (Lipinski definition) is 5. The minimum absolute atomic E-state index is 0.109. The molecule has 3 heterocycles. The van der Waals surface area contributed by atoms with Crippen molar-refractivity contribution < 1.29 is 9.53 Å². The summed E-state index contributed by atoms with van der Waals surface area (Å²) in [6, 6.07) is 3.99. The molecule has 22 heavy (non-hydrogen) atoms. The Balaban J connectivity index is 1.71. The van der Waals surface area contributed by atoms with Crippen molar-refractivity contribution in [3.8, 4) is 0 Å². The van der Waals surface area contributed by atoms with Crippen molar-refractivity contribution in [2.45, 2.75) is 32.4 Å². The highest BCUT2D eigenvalue weighted by molar-refractivity contribution is 7.10. The maximum Gasteiger partial charge on any atom is 0.230 e. The maximum absolute atomic E-state index is 12.7. The van der Waals surface area contributed by atoms with Gasteiger partial charge < -0.3 is 14.2 Å². The first kappa shape index (κ1) is 15.2. The lowest BCUT2D eigenvalue weighted by molar-refractivity contribution is -0.140. The lowest BCUT2D eigenvalue weighted by Gasteiger charge is -2.33. The fraction of sp³-hybridized carbons (Fsp3) is 0.533. The molecule has 2 aromatic heterocycles. The minimum Gasteiger partial charge on any atom is -0.366 e. The molecule has 0 aromatic carbocycles. The van der Waals surface area contributed by atoms with E-state index in [-0.39, 0.29) is 17.9 Å². The average Bonchev–Trinajstić information content (AvgIpc) is 3.24. The van der Waals surface area contributed by atoms with Gasteiger partial charge in [0.2, 0.25) is 5.91 Å². The van der Waals surface area contributed by atoms with E-state index in [4.69, 9.17) is 4.74 Å². The molecule has 3 rings (SSSR count). The van der Waals surface area contributed by atoms with E-state index in [0.717, 1.165) is 17.2 Å². The van der Waals surface area contributed by atoms with E-state index in [1.165, 1.54) is 0 Å². The Hall–Kier alpha value is -1.73. The predicted octanol–water partition coefficient (Wildman–Crippen LogP) is 2.06. The van der Waals surface area contributed by atoms with Crippen molar-refractivity contribution in [3.05, 3.63) is 34.5 Å². The molecule has 6 nitrogen and oxygen atoms in total. The molecule has 1 fully saturated rings. The van der Waals surface area contributed by atoms with E-state index in [0.29, 0.717) is 19.7 Å². The number of amides is 1. The number of ether oxygens (including phenoxy) is 1. The zero-order valence-electron chi connectivity index (χ0n) is 12.8. The number of thiophene rings is 1. The SMILES string of the molecule is CCn1cnnc1C1CN(C(=O)C(C)c2cccs2)CCO1. The van der Waals surface area contributed by atoms with Crippen LogP contribution in [-0.2, 0) is 16.1 Å². The van der Waals surface area contributed by atoms with Gasteiger partial charge in [0.25, 0.3) is 0 Å². The van der Waals surface area contributed by atoms with Gasteiger partial charge in [-0.05, 0) is 25.3 Å². The van der Waals surface area contributed by atoms with Crippen LogP contribution in [-0.4, -0.2) is 45.3 Å². The van der Waals surface area contributed by atoms with Gasteiger partial charge in [0.05, 0.1) is 19.1 Å². The van der Waals surface area contributed by atoms with Crippen LogP contribution in [0.5, 0.6) is 0 Å². The highest BCUT2D eigenvalue weighted by atomic mass is 32.1. The second kappa shape index (κ2) is 6.58. The molecule has 0 spiro atoms. The molecule has 0 N–H and O–H groups in total. The van der Waals surface area contributed by atoms with Crippen LogP contribution in [0.15, 0.2) is 23.8 Å². The molecule has 118 valence electrons. The number of morpholine rings is 1. The Morgan fingerprint density at radius 1 is 1.59 bits per heavy atom. The van der Waals surface area contributed by atoms with Gasteiger partial charge in [-0.1, -0.05) is 6.07 Å². The van der Waals surface area contributed by atoms with E-state index in [1.54, 1.807) is 17.7 Å². The Bertz CT molecular complexity index is 625. The summed E-state index contributed by atoms with van der Waals surface area (Å²) in [6.45, 7) is 6.50. The van der Waals surface area contributed by atoms with Crippen LogP contribution in [0.25, 0.3) is 0 Å². The van der Waals surface area contributed by atoms with Gasteiger partial charge >= 0.3 is 0 Å². The molecular formula is C15H20N4O2S. The summed E-state index contributed by atoms with van der Waals surface area (Å²) in [4.78, 5) is 15.7. The van der Waals surface area contributed by atoms with Gasteiger partial charge in [0.15, 0.2) is 5.82 Å². The minimum atomic E-state index is -0.198. The van der Waals surface area contributed by atoms with Crippen LogP contribution in [0, 0.1) is 0 Å². The van der Waals surface area contributed by atoms with E-state index >= 15 is 0 Å². The van der Waals surface area contributed by atoms with Crippen molar-refractivity contribution >= 4 is 17.2 Å². The second-order valence-electron chi connectivity index (χ2n) is 5.36. The standard InChI is InChI=1S/C15H20N4O2S/c1-3-18-10-16-17-14(18)12-9-19(6-7-21-12)15(20)11(2)13-5-4-8-22-13/h4-5,8,10-12H,3,6-7,9H2,1-2H3. The summed E-state index contributed by atoms with van der Waals surface area (Å²) < 4.78 is 7.76. The van der Waals surface area contributed by atoms with Crippen LogP contribution >= 0.6 is 11.3 Å². The average molecular weight is 320 g/mol. The molecular weight excluding hydrogens is 300 g/mol. The number of nitrogens with zero attached hydrogens (tertiary/aromatic N) is 4. The second-order valence-corrected chi connectivity index (χ2v) is 6.34. The Morgan fingerprint density at radius 2 is 2.45 bits per heavy atom. The van der Waals surface area contributed by atoms with Gasteiger partial charge in [-0.15, -0.1) is 21.5 Å². The lowest BCUT2D eigenvalue weighted by atomic mass is 10.1. The molecule has 2 aromatic rings. The summed E-state index contributed by atoms with van der Waals surface area (Å²) in [6.07, 6.45) is 1.50. The molecule has 7 heteroatoms. The van der Waals surface area contributed by atoms with Crippen LogP contribution in [0.3, 0.4) is 0 Å². The highest BCUT2D eigenvalue weighted by Gasteiger charge is 2.31. The Morgan fingerprint density at radius 3 is 3.18 bits per heavy atom. The Kier molecular flexibility index (Phi) is 4.54. The van der Waals surface area contributed by atoms with Crippen molar-refractivity contribution in [1.29, 1.82) is 0 Å². The van der Waals surface area contributed by atoms with Crippen LogP contribution in [0.1, 0.15) is 36.6 Å². The van der Waals surface area contributed by atoms with Crippen molar-refractivity contribution in [3.63, 3.8) is 0 Å². The van der Waals surface area contributed by atoms with E-state index in [2.05, 4.69) is 10.2 Å². The summed E-state index contributed by atoms with van der Waals surface area (Å²) in [5.74, 6) is 0.838. The number of carbonyl (C=O) groups is 1. The molecule has 1 saturated heterocycles. The highest BCUT2D eigenvalue weighted by Crippen LogP contribution is 2.26. The fourth-order valence-corrected chi connectivity index (χ4v) is 3.47. The van der Waals surface area contributed by atoms with E-state index in [9.17, 15) is 4.79 Å². The van der Waals surface area contributed by atoms with Gasteiger partial charge in [0.1, 0.15) is 12.4 Å². The third kappa shape index (κ3) is 2.91.